The van der Waals surface area contributed by atoms with Crippen LogP contribution in [-0.2, 0) is 0 Å². The Bertz CT molecular complexity index is 723. The molecule has 25 heavy (non-hydrogen) atoms. The molecule has 2 aromatic rings. The molecule has 1 aromatic heterocycles. The van der Waals surface area contributed by atoms with Gasteiger partial charge in [-0.25, -0.2) is 9.97 Å². The molecule has 0 aliphatic heterocycles. The van der Waals surface area contributed by atoms with Crippen LogP contribution in [-0.4, -0.2) is 57.9 Å². The van der Waals surface area contributed by atoms with Gasteiger partial charge in [0.25, 0.3) is 5.91 Å². The zero-order valence-electron chi connectivity index (χ0n) is 14.6. The molecular formula is C20H24N4O. The van der Waals surface area contributed by atoms with Crippen molar-refractivity contribution in [1.29, 1.82) is 0 Å². The fraction of sp³-hybridized carbons (Fsp3) is 0.450. The third-order valence-electron chi connectivity index (χ3n) is 5.04. The number of nitrogens with zero attached hydrogens (tertiary/aromatic N) is 4. The third kappa shape index (κ3) is 3.87. The maximum Gasteiger partial charge on any atom is 0.257 e. The highest BCUT2D eigenvalue weighted by molar-refractivity contribution is 5.94. The van der Waals surface area contributed by atoms with Gasteiger partial charge in [-0.15, -0.1) is 0 Å². The van der Waals surface area contributed by atoms with Gasteiger partial charge in [-0.05, 0) is 32.7 Å². The van der Waals surface area contributed by atoms with Gasteiger partial charge in [0.1, 0.15) is 0 Å². The van der Waals surface area contributed by atoms with E-state index >= 15 is 0 Å². The van der Waals surface area contributed by atoms with Crippen molar-refractivity contribution in [1.82, 2.24) is 19.8 Å². The summed E-state index contributed by atoms with van der Waals surface area (Å²) in [6.07, 6.45) is 8.14. The van der Waals surface area contributed by atoms with Crippen molar-refractivity contribution >= 4 is 5.91 Å². The van der Waals surface area contributed by atoms with Crippen molar-refractivity contribution in [2.24, 2.45) is 0 Å². The minimum Gasteiger partial charge on any atom is -0.334 e. The molecule has 4 rings (SSSR count). The number of amides is 1. The second kappa shape index (κ2) is 6.92. The molecule has 0 N–H and O–H groups in total. The van der Waals surface area contributed by atoms with Crippen LogP contribution in [0, 0.1) is 0 Å². The van der Waals surface area contributed by atoms with E-state index in [2.05, 4.69) is 21.9 Å². The van der Waals surface area contributed by atoms with E-state index in [-0.39, 0.29) is 5.91 Å². The van der Waals surface area contributed by atoms with Crippen molar-refractivity contribution in [3.63, 3.8) is 0 Å². The highest BCUT2D eigenvalue weighted by Crippen LogP contribution is 2.29. The van der Waals surface area contributed by atoms with E-state index in [1.165, 1.54) is 12.8 Å². The lowest BCUT2D eigenvalue weighted by Gasteiger charge is -2.25. The van der Waals surface area contributed by atoms with Crippen molar-refractivity contribution in [3.8, 4) is 11.4 Å². The number of aromatic nitrogens is 2. The fourth-order valence-corrected chi connectivity index (χ4v) is 3.14. The van der Waals surface area contributed by atoms with Crippen LogP contribution in [0.2, 0.25) is 0 Å². The van der Waals surface area contributed by atoms with E-state index in [4.69, 9.17) is 0 Å². The van der Waals surface area contributed by atoms with Crippen LogP contribution >= 0.6 is 0 Å². The number of hydrogen-bond acceptors (Lipinski definition) is 4. The molecular weight excluding hydrogens is 312 g/mol. The molecule has 0 atom stereocenters. The molecule has 5 heteroatoms. The van der Waals surface area contributed by atoms with E-state index in [1.54, 1.807) is 12.4 Å². The van der Waals surface area contributed by atoms with E-state index < -0.39 is 0 Å². The number of rotatable bonds is 7. The zero-order chi connectivity index (χ0) is 17.2. The van der Waals surface area contributed by atoms with Crippen molar-refractivity contribution in [2.45, 2.75) is 37.8 Å². The molecule has 1 amide bonds. The maximum atomic E-state index is 12.9. The molecule has 0 spiro atoms. The Morgan fingerprint density at radius 1 is 1.00 bits per heavy atom. The predicted molar refractivity (Wildman–Crippen MR) is 97.2 cm³/mol. The number of hydrogen-bond donors (Lipinski definition) is 0. The van der Waals surface area contributed by atoms with Crippen LogP contribution in [0.15, 0.2) is 42.7 Å². The monoisotopic (exact) mass is 336 g/mol. The highest BCUT2D eigenvalue weighted by atomic mass is 16.2. The fourth-order valence-electron chi connectivity index (χ4n) is 3.14. The van der Waals surface area contributed by atoms with Crippen LogP contribution in [0.1, 0.15) is 36.0 Å². The van der Waals surface area contributed by atoms with Gasteiger partial charge in [0.2, 0.25) is 0 Å². The van der Waals surface area contributed by atoms with Crippen molar-refractivity contribution < 1.29 is 4.79 Å². The second-order valence-electron chi connectivity index (χ2n) is 7.10. The first-order chi connectivity index (χ1) is 12.2. The molecule has 130 valence electrons. The second-order valence-corrected chi connectivity index (χ2v) is 7.10. The van der Waals surface area contributed by atoms with Gasteiger partial charge in [-0.2, -0.15) is 0 Å². The average Bonchev–Trinajstić information content (AvgIpc) is 3.55. The molecule has 2 fully saturated rings. The summed E-state index contributed by atoms with van der Waals surface area (Å²) in [7, 11) is 2.16. The van der Waals surface area contributed by atoms with Gasteiger partial charge in [-0.1, -0.05) is 30.3 Å². The van der Waals surface area contributed by atoms with Crippen LogP contribution in [0.4, 0.5) is 0 Å². The van der Waals surface area contributed by atoms with Gasteiger partial charge in [0.15, 0.2) is 5.82 Å². The number of likely N-dealkylation sites (N-methyl/N-ethyl adjacent to an activating group) is 1. The van der Waals surface area contributed by atoms with Crippen molar-refractivity contribution in [3.05, 3.63) is 48.3 Å². The molecule has 2 aliphatic rings. The van der Waals surface area contributed by atoms with Gasteiger partial charge < -0.3 is 9.80 Å². The summed E-state index contributed by atoms with van der Waals surface area (Å²) in [4.78, 5) is 26.1. The summed E-state index contributed by atoms with van der Waals surface area (Å²) in [6.45, 7) is 1.73. The zero-order valence-corrected chi connectivity index (χ0v) is 14.6. The molecule has 0 unspecified atom stereocenters. The summed E-state index contributed by atoms with van der Waals surface area (Å²) in [5.74, 6) is 0.717. The van der Waals surface area contributed by atoms with Crippen LogP contribution < -0.4 is 0 Å². The Labute approximate surface area is 148 Å². The third-order valence-corrected chi connectivity index (χ3v) is 5.04. The lowest BCUT2D eigenvalue weighted by atomic mass is 10.2. The lowest BCUT2D eigenvalue weighted by molar-refractivity contribution is 0.0725. The maximum absolute atomic E-state index is 12.9. The summed E-state index contributed by atoms with van der Waals surface area (Å²) in [5.41, 5.74) is 1.55. The van der Waals surface area contributed by atoms with Gasteiger partial charge >= 0.3 is 0 Å². The van der Waals surface area contributed by atoms with Crippen LogP contribution in [0.3, 0.4) is 0 Å². The normalized spacial score (nSPS) is 16.9. The van der Waals surface area contributed by atoms with E-state index in [1.807, 2.05) is 35.2 Å². The molecule has 1 heterocycles. The standard InChI is InChI=1S/C20H24N4O/c1-23(17-7-8-17)11-12-24(18-9-10-18)20(25)16-13-21-19(22-14-16)15-5-3-2-4-6-15/h2-6,13-14,17-18H,7-12H2,1H3. The highest BCUT2D eigenvalue weighted by Gasteiger charge is 2.34. The molecule has 1 aromatic carbocycles. The molecule has 0 bridgehead atoms. The molecule has 0 radical (unpaired) electrons. The number of carbonyl (C=O) groups excluding carboxylic acids is 1. The van der Waals surface area contributed by atoms with E-state index in [0.717, 1.165) is 37.5 Å². The van der Waals surface area contributed by atoms with E-state index in [0.29, 0.717) is 17.4 Å². The first-order valence-corrected chi connectivity index (χ1v) is 9.11. The van der Waals surface area contributed by atoms with Gasteiger partial charge in [-0.3, -0.25) is 4.79 Å². The molecule has 0 saturated heterocycles. The molecule has 2 saturated carbocycles. The lowest BCUT2D eigenvalue weighted by Crippen LogP contribution is -2.39. The minimum absolute atomic E-state index is 0.0614. The van der Waals surface area contributed by atoms with Crippen LogP contribution in [0.25, 0.3) is 11.4 Å². The Hall–Kier alpha value is -2.27. The van der Waals surface area contributed by atoms with E-state index in [9.17, 15) is 4.79 Å². The average molecular weight is 336 g/mol. The largest absolute Gasteiger partial charge is 0.334 e. The van der Waals surface area contributed by atoms with Crippen molar-refractivity contribution in [2.75, 3.05) is 20.1 Å². The predicted octanol–water partition coefficient (Wildman–Crippen LogP) is 2.84. The first-order valence-electron chi connectivity index (χ1n) is 9.11. The van der Waals surface area contributed by atoms with Crippen LogP contribution in [0.5, 0.6) is 0 Å². The first kappa shape index (κ1) is 16.2. The Kier molecular flexibility index (Phi) is 4.49. The number of benzene rings is 1. The molecule has 5 nitrogen and oxygen atoms in total. The smallest absolute Gasteiger partial charge is 0.257 e. The summed E-state index contributed by atoms with van der Waals surface area (Å²) in [5, 5.41) is 0. The quantitative estimate of drug-likeness (QED) is 0.780. The SMILES string of the molecule is CN(CCN(C(=O)c1cnc(-c2ccccc2)nc1)C1CC1)C1CC1. The summed E-state index contributed by atoms with van der Waals surface area (Å²) < 4.78 is 0. The van der Waals surface area contributed by atoms with Gasteiger partial charge in [0, 0.05) is 43.1 Å². The summed E-state index contributed by atoms with van der Waals surface area (Å²) in [6, 6.07) is 11.0. The minimum atomic E-state index is 0.0614. The number of carbonyl (C=O) groups is 1. The topological polar surface area (TPSA) is 49.3 Å². The Balaban J connectivity index is 1.44. The summed E-state index contributed by atoms with van der Waals surface area (Å²) >= 11 is 0. The Morgan fingerprint density at radius 3 is 2.24 bits per heavy atom. The van der Waals surface area contributed by atoms with Gasteiger partial charge in [0.05, 0.1) is 5.56 Å². The molecule has 2 aliphatic carbocycles. The Morgan fingerprint density at radius 2 is 1.64 bits per heavy atom.